The molecule has 1 aromatic heterocycles. The second-order valence-corrected chi connectivity index (χ2v) is 7.06. The Bertz CT molecular complexity index is 783. The highest BCUT2D eigenvalue weighted by Gasteiger charge is 2.23. The van der Waals surface area contributed by atoms with Crippen molar-refractivity contribution in [3.63, 3.8) is 0 Å². The molecule has 8 heteroatoms. The van der Waals surface area contributed by atoms with E-state index in [2.05, 4.69) is 4.98 Å². The summed E-state index contributed by atoms with van der Waals surface area (Å²) >= 11 is 1.54. The fourth-order valence-electron chi connectivity index (χ4n) is 2.88. The van der Waals surface area contributed by atoms with E-state index < -0.39 is 0 Å². The first-order valence-electron chi connectivity index (χ1n) is 8.17. The highest BCUT2D eigenvalue weighted by atomic mass is 32.1. The van der Waals surface area contributed by atoms with Crippen molar-refractivity contribution in [2.75, 3.05) is 51.8 Å². The number of carbonyl (C=O) groups is 2. The molecular formula is C17H22N4O3S. The zero-order valence-electron chi connectivity index (χ0n) is 14.7. The first-order chi connectivity index (χ1) is 12.0. The zero-order chi connectivity index (χ0) is 18.0. The summed E-state index contributed by atoms with van der Waals surface area (Å²) in [6.45, 7) is 4.20. The number of aromatic nitrogens is 1. The monoisotopic (exact) mass is 362 g/mol. The molecule has 0 aliphatic carbocycles. The number of hydrogen-bond acceptors (Lipinski definition) is 6. The topological polar surface area (TPSA) is 66.0 Å². The third kappa shape index (κ3) is 3.68. The average Bonchev–Trinajstić information content (AvgIpc) is 3.06. The molecule has 2 aromatic rings. The molecule has 0 spiro atoms. The largest absolute Gasteiger partial charge is 0.494 e. The second-order valence-electron chi connectivity index (χ2n) is 6.05. The lowest BCUT2D eigenvalue weighted by atomic mass is 10.3. The van der Waals surface area contributed by atoms with Gasteiger partial charge in [-0.15, -0.1) is 0 Å². The molecule has 134 valence electrons. The maximum absolute atomic E-state index is 12.5. The van der Waals surface area contributed by atoms with Crippen LogP contribution >= 0.6 is 11.3 Å². The number of carbonyl (C=O) groups excluding carboxylic acids is 2. The van der Waals surface area contributed by atoms with E-state index in [1.165, 1.54) is 11.3 Å². The summed E-state index contributed by atoms with van der Waals surface area (Å²) in [5, 5.41) is 0.787. The molecule has 2 amide bonds. The number of rotatable bonds is 4. The van der Waals surface area contributed by atoms with Crippen molar-refractivity contribution in [3.8, 4) is 5.75 Å². The minimum Gasteiger partial charge on any atom is -0.494 e. The van der Waals surface area contributed by atoms with Gasteiger partial charge in [-0.25, -0.2) is 4.98 Å². The van der Waals surface area contributed by atoms with Gasteiger partial charge in [-0.05, 0) is 12.1 Å². The van der Waals surface area contributed by atoms with Gasteiger partial charge in [0.05, 0.1) is 18.4 Å². The average molecular weight is 362 g/mol. The lowest BCUT2D eigenvalue weighted by Gasteiger charge is -2.35. The van der Waals surface area contributed by atoms with E-state index in [0.29, 0.717) is 26.2 Å². The Morgan fingerprint density at radius 2 is 1.92 bits per heavy atom. The van der Waals surface area contributed by atoms with Crippen LogP contribution in [-0.4, -0.2) is 73.5 Å². The summed E-state index contributed by atoms with van der Waals surface area (Å²) in [5.74, 6) is 0.852. The van der Waals surface area contributed by atoms with E-state index in [9.17, 15) is 9.59 Å². The molecule has 0 N–H and O–H groups in total. The number of fused-ring (bicyclic) bond motifs is 1. The Kier molecular flexibility index (Phi) is 5.08. The van der Waals surface area contributed by atoms with Crippen molar-refractivity contribution in [3.05, 3.63) is 18.2 Å². The number of likely N-dealkylation sites (N-methyl/N-ethyl adjacent to an activating group) is 1. The second kappa shape index (κ2) is 7.26. The van der Waals surface area contributed by atoms with Gasteiger partial charge in [-0.3, -0.25) is 9.59 Å². The summed E-state index contributed by atoms with van der Waals surface area (Å²) < 4.78 is 6.38. The Morgan fingerprint density at radius 3 is 2.56 bits per heavy atom. The van der Waals surface area contributed by atoms with Crippen molar-refractivity contribution in [2.45, 2.75) is 6.92 Å². The van der Waals surface area contributed by atoms with Gasteiger partial charge in [0.25, 0.3) is 0 Å². The van der Waals surface area contributed by atoms with Crippen LogP contribution in [0.5, 0.6) is 5.75 Å². The number of anilines is 1. The van der Waals surface area contributed by atoms with E-state index in [1.54, 1.807) is 18.9 Å². The van der Waals surface area contributed by atoms with Crippen LogP contribution in [0.3, 0.4) is 0 Å². The summed E-state index contributed by atoms with van der Waals surface area (Å²) in [4.78, 5) is 34.0. The molecule has 7 nitrogen and oxygen atoms in total. The third-order valence-corrected chi connectivity index (χ3v) is 5.50. The maximum Gasteiger partial charge on any atom is 0.242 e. The number of amides is 2. The van der Waals surface area contributed by atoms with E-state index in [4.69, 9.17) is 4.74 Å². The number of thiazole rings is 1. The molecule has 1 saturated heterocycles. The lowest BCUT2D eigenvalue weighted by molar-refractivity contribution is -0.137. The first-order valence-corrected chi connectivity index (χ1v) is 8.99. The van der Waals surface area contributed by atoms with Crippen molar-refractivity contribution in [2.24, 2.45) is 0 Å². The van der Waals surface area contributed by atoms with Gasteiger partial charge in [0.2, 0.25) is 11.8 Å². The minimum absolute atomic E-state index is 0.0527. The van der Waals surface area contributed by atoms with Crippen molar-refractivity contribution >= 4 is 38.5 Å². The van der Waals surface area contributed by atoms with Crippen LogP contribution < -0.4 is 9.64 Å². The van der Waals surface area contributed by atoms with Crippen LogP contribution in [-0.2, 0) is 9.59 Å². The predicted octanol–water partition coefficient (Wildman–Crippen LogP) is 1.43. The normalized spacial score (nSPS) is 14.7. The van der Waals surface area contributed by atoms with Crippen molar-refractivity contribution in [1.82, 2.24) is 14.8 Å². The summed E-state index contributed by atoms with van der Waals surface area (Å²) in [7, 11) is 3.50. The predicted molar refractivity (Wildman–Crippen MR) is 98.3 cm³/mol. The molecule has 2 heterocycles. The van der Waals surface area contributed by atoms with Gasteiger partial charge in [0.1, 0.15) is 11.3 Å². The Hall–Kier alpha value is -2.35. The molecule has 0 unspecified atom stereocenters. The van der Waals surface area contributed by atoms with Gasteiger partial charge >= 0.3 is 0 Å². The van der Waals surface area contributed by atoms with Crippen molar-refractivity contribution in [1.29, 1.82) is 0 Å². The van der Waals surface area contributed by atoms with E-state index in [1.807, 2.05) is 35.0 Å². The smallest absolute Gasteiger partial charge is 0.242 e. The summed E-state index contributed by atoms with van der Waals surface area (Å²) in [6, 6.07) is 5.81. The quantitative estimate of drug-likeness (QED) is 0.823. The number of benzene rings is 1. The molecule has 1 fully saturated rings. The summed E-state index contributed by atoms with van der Waals surface area (Å²) in [6.07, 6.45) is 0. The van der Waals surface area contributed by atoms with Gasteiger partial charge in [-0.2, -0.15) is 0 Å². The lowest BCUT2D eigenvalue weighted by Crippen LogP contribution is -2.52. The highest BCUT2D eigenvalue weighted by molar-refractivity contribution is 7.22. The third-order valence-electron chi connectivity index (χ3n) is 4.37. The molecule has 3 rings (SSSR count). The number of ether oxygens (including phenoxy) is 1. The number of hydrogen-bond donors (Lipinski definition) is 0. The van der Waals surface area contributed by atoms with Gasteiger partial charge in [0, 0.05) is 40.2 Å². The number of piperazine rings is 1. The molecule has 1 aliphatic rings. The van der Waals surface area contributed by atoms with Crippen LogP contribution in [0, 0.1) is 0 Å². The van der Waals surface area contributed by atoms with Gasteiger partial charge in [0.15, 0.2) is 5.13 Å². The number of methoxy groups -OCH3 is 1. The van der Waals surface area contributed by atoms with E-state index in [0.717, 1.165) is 21.1 Å². The first kappa shape index (κ1) is 17.5. The maximum atomic E-state index is 12.5. The van der Waals surface area contributed by atoms with Crippen LogP contribution in [0.25, 0.3) is 10.2 Å². The van der Waals surface area contributed by atoms with E-state index in [-0.39, 0.29) is 18.4 Å². The minimum atomic E-state index is 0.0527. The molecular weight excluding hydrogens is 340 g/mol. The Labute approximate surface area is 150 Å². The standard InChI is InChI=1S/C17H22N4O3S/c1-12(22)20-7-9-21(10-8-20)15(23)11-19(2)17-18-16-13(24-3)5-4-6-14(16)25-17/h4-6H,7-11H2,1-3H3. The van der Waals surface area contributed by atoms with E-state index >= 15 is 0 Å². The molecule has 0 saturated carbocycles. The number of para-hydroxylation sites is 1. The SMILES string of the molecule is COc1cccc2sc(N(C)CC(=O)N3CCN(C(C)=O)CC3)nc12. The van der Waals surface area contributed by atoms with Crippen molar-refractivity contribution < 1.29 is 14.3 Å². The Balaban J connectivity index is 1.65. The highest BCUT2D eigenvalue weighted by Crippen LogP contribution is 2.33. The number of nitrogens with zero attached hydrogens (tertiary/aromatic N) is 4. The summed E-state index contributed by atoms with van der Waals surface area (Å²) in [5.41, 5.74) is 0.819. The fraction of sp³-hybridized carbons (Fsp3) is 0.471. The fourth-order valence-corrected chi connectivity index (χ4v) is 3.82. The molecule has 0 bridgehead atoms. The Morgan fingerprint density at radius 1 is 1.24 bits per heavy atom. The zero-order valence-corrected chi connectivity index (χ0v) is 15.5. The molecule has 0 radical (unpaired) electrons. The van der Waals surface area contributed by atoms with Gasteiger partial charge in [-0.1, -0.05) is 17.4 Å². The van der Waals surface area contributed by atoms with Crippen LogP contribution in [0.4, 0.5) is 5.13 Å². The van der Waals surface area contributed by atoms with Crippen LogP contribution in [0.1, 0.15) is 6.92 Å². The molecule has 1 aromatic carbocycles. The van der Waals surface area contributed by atoms with Crippen LogP contribution in [0.2, 0.25) is 0 Å². The van der Waals surface area contributed by atoms with Crippen LogP contribution in [0.15, 0.2) is 18.2 Å². The molecule has 25 heavy (non-hydrogen) atoms. The van der Waals surface area contributed by atoms with Gasteiger partial charge < -0.3 is 19.4 Å². The molecule has 0 atom stereocenters. The molecule has 1 aliphatic heterocycles.